The molecule has 0 spiro atoms. The minimum atomic E-state index is -0.825. The molecule has 3 aromatic rings. The van der Waals surface area contributed by atoms with Gasteiger partial charge in [-0.05, 0) is 47.7 Å². The van der Waals surface area contributed by atoms with Crippen molar-refractivity contribution >= 4 is 33.9 Å². The number of hydrogen-bond acceptors (Lipinski definition) is 7. The highest BCUT2D eigenvalue weighted by Gasteiger charge is 2.48. The van der Waals surface area contributed by atoms with Gasteiger partial charge in [-0.25, -0.2) is 0 Å². The van der Waals surface area contributed by atoms with Gasteiger partial charge in [0.1, 0.15) is 16.5 Å². The molecule has 7 nitrogen and oxygen atoms in total. The number of hydrogen-bond donors (Lipinski definition) is 1. The smallest absolute Gasteiger partial charge is 0.301 e. The number of Topliss-reactive ketones (excluding diaryl/α,β-unsaturated/α-hetero) is 1. The van der Waals surface area contributed by atoms with Crippen LogP contribution >= 0.6 is 11.3 Å². The SMILES string of the molecule is COc1ccc(C(O)=C2C(=O)C(=O)N(c3nnc(C)s3)[C@@H]2c2ccc(C(C)(C)C)cc2)cc1. The van der Waals surface area contributed by atoms with E-state index in [1.165, 1.54) is 16.2 Å². The largest absolute Gasteiger partial charge is 0.507 e. The summed E-state index contributed by atoms with van der Waals surface area (Å²) in [6, 6.07) is 13.6. The minimum Gasteiger partial charge on any atom is -0.507 e. The van der Waals surface area contributed by atoms with Crippen LogP contribution in [0.1, 0.15) is 48.5 Å². The molecule has 1 fully saturated rings. The summed E-state index contributed by atoms with van der Waals surface area (Å²) in [6.45, 7) is 8.12. The second kappa shape index (κ2) is 8.44. The topological polar surface area (TPSA) is 92.6 Å². The summed E-state index contributed by atoms with van der Waals surface area (Å²) in [5.74, 6) is -1.14. The van der Waals surface area contributed by atoms with Crippen molar-refractivity contribution in [1.29, 1.82) is 0 Å². The summed E-state index contributed by atoms with van der Waals surface area (Å²) in [5.41, 5.74) is 2.19. The zero-order chi connectivity index (χ0) is 23.9. The van der Waals surface area contributed by atoms with Gasteiger partial charge in [0.25, 0.3) is 5.78 Å². The van der Waals surface area contributed by atoms with E-state index in [0.717, 1.165) is 5.56 Å². The van der Waals surface area contributed by atoms with E-state index in [9.17, 15) is 14.7 Å². The number of carbonyl (C=O) groups excluding carboxylic acids is 2. The Morgan fingerprint density at radius 1 is 1.03 bits per heavy atom. The highest BCUT2D eigenvalue weighted by molar-refractivity contribution is 7.15. The average molecular weight is 464 g/mol. The van der Waals surface area contributed by atoms with Crippen LogP contribution in [0.5, 0.6) is 5.75 Å². The molecule has 1 amide bonds. The number of ether oxygens (including phenoxy) is 1. The summed E-state index contributed by atoms with van der Waals surface area (Å²) < 4.78 is 5.18. The highest BCUT2D eigenvalue weighted by atomic mass is 32.1. The van der Waals surface area contributed by atoms with Crippen LogP contribution in [-0.2, 0) is 15.0 Å². The van der Waals surface area contributed by atoms with Gasteiger partial charge in [-0.2, -0.15) is 0 Å². The predicted molar refractivity (Wildman–Crippen MR) is 128 cm³/mol. The van der Waals surface area contributed by atoms with E-state index in [0.29, 0.717) is 27.0 Å². The average Bonchev–Trinajstić information content (AvgIpc) is 3.33. The maximum absolute atomic E-state index is 13.2. The molecule has 33 heavy (non-hydrogen) atoms. The van der Waals surface area contributed by atoms with Gasteiger partial charge < -0.3 is 9.84 Å². The van der Waals surface area contributed by atoms with Crippen LogP contribution in [0.2, 0.25) is 0 Å². The first-order chi connectivity index (χ1) is 15.6. The number of aliphatic hydroxyl groups is 1. The summed E-state index contributed by atoms with van der Waals surface area (Å²) >= 11 is 1.22. The molecule has 0 bridgehead atoms. The van der Waals surface area contributed by atoms with E-state index in [4.69, 9.17) is 4.74 Å². The highest BCUT2D eigenvalue weighted by Crippen LogP contribution is 2.43. The van der Waals surface area contributed by atoms with Crippen molar-refractivity contribution in [2.45, 2.75) is 39.2 Å². The second-order valence-corrected chi connectivity index (χ2v) is 10.0. The molecule has 4 rings (SSSR count). The van der Waals surface area contributed by atoms with Crippen molar-refractivity contribution < 1.29 is 19.4 Å². The zero-order valence-electron chi connectivity index (χ0n) is 19.1. The van der Waals surface area contributed by atoms with E-state index < -0.39 is 17.7 Å². The quantitative estimate of drug-likeness (QED) is 0.340. The lowest BCUT2D eigenvalue weighted by Gasteiger charge is -2.24. The Balaban J connectivity index is 1.89. The molecule has 1 atom stereocenters. The lowest BCUT2D eigenvalue weighted by atomic mass is 9.85. The third-order valence-corrected chi connectivity index (χ3v) is 6.46. The maximum Gasteiger partial charge on any atom is 0.301 e. The van der Waals surface area contributed by atoms with Crippen molar-refractivity contribution in [2.24, 2.45) is 0 Å². The third-order valence-electron chi connectivity index (χ3n) is 5.62. The normalized spacial score (nSPS) is 18.1. The zero-order valence-corrected chi connectivity index (χ0v) is 19.9. The Kier molecular flexibility index (Phi) is 5.80. The van der Waals surface area contributed by atoms with Crippen molar-refractivity contribution in [3.8, 4) is 5.75 Å². The number of rotatable bonds is 4. The van der Waals surface area contributed by atoms with Crippen LogP contribution in [0, 0.1) is 6.92 Å². The van der Waals surface area contributed by atoms with Crippen LogP contribution < -0.4 is 9.64 Å². The Hall–Kier alpha value is -3.52. The van der Waals surface area contributed by atoms with Crippen LogP contribution in [0.3, 0.4) is 0 Å². The van der Waals surface area contributed by atoms with E-state index in [1.807, 2.05) is 24.3 Å². The van der Waals surface area contributed by atoms with E-state index >= 15 is 0 Å². The number of nitrogens with zero attached hydrogens (tertiary/aromatic N) is 3. The number of anilines is 1. The lowest BCUT2D eigenvalue weighted by molar-refractivity contribution is -0.132. The van der Waals surface area contributed by atoms with E-state index in [2.05, 4.69) is 31.0 Å². The molecule has 1 aliphatic rings. The Bertz CT molecular complexity index is 1240. The van der Waals surface area contributed by atoms with Gasteiger partial charge in [-0.1, -0.05) is 56.4 Å². The molecule has 0 radical (unpaired) electrons. The standard InChI is InChI=1S/C25H25N3O4S/c1-14-26-27-24(33-14)28-20(15-6-10-17(11-7-15)25(2,3)4)19(22(30)23(28)31)21(29)16-8-12-18(32-5)13-9-16/h6-13,20,29H,1-5H3/t20-/m1/s1. The van der Waals surface area contributed by atoms with Gasteiger partial charge in [0, 0.05) is 5.56 Å². The molecule has 2 heterocycles. The molecule has 1 aliphatic heterocycles. The number of aromatic nitrogens is 2. The molecule has 0 saturated carbocycles. The number of benzene rings is 2. The first-order valence-electron chi connectivity index (χ1n) is 10.5. The molecule has 1 aromatic heterocycles. The minimum absolute atomic E-state index is 0.0153. The van der Waals surface area contributed by atoms with Crippen molar-refractivity contribution in [2.75, 3.05) is 12.0 Å². The number of methoxy groups -OCH3 is 1. The van der Waals surface area contributed by atoms with Crippen molar-refractivity contribution in [3.63, 3.8) is 0 Å². The van der Waals surface area contributed by atoms with E-state index in [1.54, 1.807) is 38.3 Å². The first kappa shape index (κ1) is 22.7. The summed E-state index contributed by atoms with van der Waals surface area (Å²) in [5, 5.41) is 20.3. The van der Waals surface area contributed by atoms with Gasteiger partial charge in [-0.15, -0.1) is 10.2 Å². The van der Waals surface area contributed by atoms with Crippen molar-refractivity contribution in [3.05, 3.63) is 75.8 Å². The molecular weight excluding hydrogens is 438 g/mol. The second-order valence-electron chi connectivity index (χ2n) is 8.87. The number of aryl methyl sites for hydroxylation is 1. The molecule has 1 N–H and O–H groups in total. The fraction of sp³-hybridized carbons (Fsp3) is 0.280. The van der Waals surface area contributed by atoms with Gasteiger partial charge in [0.05, 0.1) is 18.7 Å². The Morgan fingerprint density at radius 3 is 2.18 bits per heavy atom. The van der Waals surface area contributed by atoms with Gasteiger partial charge >= 0.3 is 5.91 Å². The molecule has 1 saturated heterocycles. The summed E-state index contributed by atoms with van der Waals surface area (Å²) in [7, 11) is 1.55. The molecular formula is C25H25N3O4S. The monoisotopic (exact) mass is 463 g/mol. The Morgan fingerprint density at radius 2 is 1.67 bits per heavy atom. The fourth-order valence-corrected chi connectivity index (χ4v) is 4.51. The summed E-state index contributed by atoms with van der Waals surface area (Å²) in [4.78, 5) is 27.6. The van der Waals surface area contributed by atoms with Gasteiger partial charge in [0.15, 0.2) is 0 Å². The Labute approximate surface area is 196 Å². The van der Waals surface area contributed by atoms with Gasteiger partial charge in [-0.3, -0.25) is 14.5 Å². The van der Waals surface area contributed by atoms with Gasteiger partial charge in [0.2, 0.25) is 5.13 Å². The predicted octanol–water partition coefficient (Wildman–Crippen LogP) is 4.78. The van der Waals surface area contributed by atoms with Crippen molar-refractivity contribution in [1.82, 2.24) is 10.2 Å². The summed E-state index contributed by atoms with van der Waals surface area (Å²) in [6.07, 6.45) is 0. The van der Waals surface area contributed by atoms with Crippen LogP contribution in [0.25, 0.3) is 5.76 Å². The first-order valence-corrected chi connectivity index (χ1v) is 11.3. The lowest BCUT2D eigenvalue weighted by Crippen LogP contribution is -2.29. The van der Waals surface area contributed by atoms with Crippen LogP contribution in [0.15, 0.2) is 54.1 Å². The number of carbonyl (C=O) groups is 2. The number of amides is 1. The molecule has 170 valence electrons. The fourth-order valence-electron chi connectivity index (χ4n) is 3.80. The van der Waals surface area contributed by atoms with E-state index in [-0.39, 0.29) is 16.7 Å². The maximum atomic E-state index is 13.2. The molecule has 2 aromatic carbocycles. The van der Waals surface area contributed by atoms with Crippen LogP contribution in [0.4, 0.5) is 5.13 Å². The molecule has 0 aliphatic carbocycles. The molecule has 8 heteroatoms. The number of ketones is 1. The van der Waals surface area contributed by atoms with Crippen LogP contribution in [-0.4, -0.2) is 34.1 Å². The third kappa shape index (κ3) is 4.14. The molecule has 0 unspecified atom stereocenters. The number of aliphatic hydroxyl groups excluding tert-OH is 1.